The molecule has 0 saturated heterocycles. The maximum Gasteiger partial charge on any atom is 0.214 e. The van der Waals surface area contributed by atoms with Crippen LogP contribution in [-0.4, -0.2) is 28.4 Å². The zero-order valence-electron chi connectivity index (χ0n) is 13.6. The Bertz CT molecular complexity index is 806. The number of pyridine rings is 1. The van der Waals surface area contributed by atoms with Gasteiger partial charge in [-0.2, -0.15) is 5.10 Å². The molecule has 1 N–H and O–H groups in total. The average Bonchev–Trinajstić information content (AvgIpc) is 3.17. The van der Waals surface area contributed by atoms with Crippen LogP contribution in [0.25, 0.3) is 11.3 Å². The molecule has 2 aliphatic carbocycles. The van der Waals surface area contributed by atoms with Crippen LogP contribution in [0.5, 0.6) is 0 Å². The number of rotatable bonds is 6. The number of hydrogen-bond acceptors (Lipinski definition) is 4. The van der Waals surface area contributed by atoms with Gasteiger partial charge in [-0.1, -0.05) is 12.8 Å². The molecule has 7 heteroatoms. The Morgan fingerprint density at radius 2 is 1.83 bits per heavy atom. The van der Waals surface area contributed by atoms with Crippen molar-refractivity contribution in [2.45, 2.75) is 56.4 Å². The smallest absolute Gasteiger partial charge is 0.214 e. The standard InChI is InChI=1S/C17H22N4O2S/c22-24(23,16-5-6-16)19-12-14-11-17(13-7-9-18-10-8-13)21(20-14)15-3-1-2-4-15/h7-11,15-16,19H,1-6,12H2. The third-order valence-electron chi connectivity index (χ3n) is 4.85. The molecule has 0 atom stereocenters. The van der Waals surface area contributed by atoms with E-state index in [1.807, 2.05) is 18.2 Å². The summed E-state index contributed by atoms with van der Waals surface area (Å²) in [5.74, 6) is 0. The molecule has 0 radical (unpaired) electrons. The van der Waals surface area contributed by atoms with Crippen LogP contribution < -0.4 is 4.72 Å². The molecular formula is C17H22N4O2S. The van der Waals surface area contributed by atoms with Gasteiger partial charge in [0, 0.05) is 18.0 Å². The van der Waals surface area contributed by atoms with E-state index in [1.54, 1.807) is 12.4 Å². The van der Waals surface area contributed by atoms with Gasteiger partial charge in [-0.05, 0) is 43.9 Å². The van der Waals surface area contributed by atoms with Crippen LogP contribution in [0.15, 0.2) is 30.6 Å². The highest BCUT2D eigenvalue weighted by Gasteiger charge is 2.35. The zero-order chi connectivity index (χ0) is 16.6. The number of nitrogens with zero attached hydrogens (tertiary/aromatic N) is 3. The summed E-state index contributed by atoms with van der Waals surface area (Å²) < 4.78 is 28.9. The van der Waals surface area contributed by atoms with Crippen LogP contribution in [0.1, 0.15) is 50.3 Å². The molecule has 2 aromatic rings. The maximum atomic E-state index is 12.0. The number of sulfonamides is 1. The third-order valence-corrected chi connectivity index (χ3v) is 6.75. The lowest BCUT2D eigenvalue weighted by Gasteiger charge is -2.14. The van der Waals surface area contributed by atoms with Crippen LogP contribution in [0.3, 0.4) is 0 Å². The van der Waals surface area contributed by atoms with Crippen molar-refractivity contribution < 1.29 is 8.42 Å². The van der Waals surface area contributed by atoms with Gasteiger partial charge in [0.25, 0.3) is 0 Å². The minimum atomic E-state index is -3.18. The molecule has 0 bridgehead atoms. The largest absolute Gasteiger partial charge is 0.265 e. The normalized spacial score (nSPS) is 19.0. The fourth-order valence-corrected chi connectivity index (χ4v) is 4.71. The first-order valence-corrected chi connectivity index (χ1v) is 10.2. The van der Waals surface area contributed by atoms with E-state index in [-0.39, 0.29) is 11.8 Å². The van der Waals surface area contributed by atoms with Crippen LogP contribution in [-0.2, 0) is 16.6 Å². The monoisotopic (exact) mass is 346 g/mol. The Morgan fingerprint density at radius 3 is 2.50 bits per heavy atom. The first-order valence-electron chi connectivity index (χ1n) is 8.61. The van der Waals surface area contributed by atoms with Crippen molar-refractivity contribution in [3.63, 3.8) is 0 Å². The van der Waals surface area contributed by atoms with Gasteiger partial charge in [0.05, 0.1) is 29.2 Å². The van der Waals surface area contributed by atoms with Gasteiger partial charge >= 0.3 is 0 Å². The van der Waals surface area contributed by atoms with E-state index in [0.717, 1.165) is 42.6 Å². The average molecular weight is 346 g/mol. The van der Waals surface area contributed by atoms with E-state index >= 15 is 0 Å². The summed E-state index contributed by atoms with van der Waals surface area (Å²) in [6.07, 6.45) is 9.81. The summed E-state index contributed by atoms with van der Waals surface area (Å²) in [5.41, 5.74) is 2.89. The Morgan fingerprint density at radius 1 is 1.12 bits per heavy atom. The van der Waals surface area contributed by atoms with Crippen molar-refractivity contribution in [1.29, 1.82) is 0 Å². The molecule has 0 aliphatic heterocycles. The third kappa shape index (κ3) is 3.23. The highest BCUT2D eigenvalue weighted by Crippen LogP contribution is 2.33. The Labute approximate surface area is 142 Å². The molecule has 2 saturated carbocycles. The minimum Gasteiger partial charge on any atom is -0.265 e. The minimum absolute atomic E-state index is 0.200. The molecule has 2 aromatic heterocycles. The molecular weight excluding hydrogens is 324 g/mol. The van der Waals surface area contributed by atoms with Crippen LogP contribution in [0, 0.1) is 0 Å². The fraction of sp³-hybridized carbons (Fsp3) is 0.529. The second-order valence-electron chi connectivity index (χ2n) is 6.71. The highest BCUT2D eigenvalue weighted by atomic mass is 32.2. The van der Waals surface area contributed by atoms with E-state index in [0.29, 0.717) is 6.04 Å². The van der Waals surface area contributed by atoms with Gasteiger partial charge in [-0.15, -0.1) is 0 Å². The molecule has 24 heavy (non-hydrogen) atoms. The quantitative estimate of drug-likeness (QED) is 0.872. The van der Waals surface area contributed by atoms with Gasteiger partial charge in [-0.25, -0.2) is 13.1 Å². The topological polar surface area (TPSA) is 76.9 Å². The number of aromatic nitrogens is 3. The summed E-state index contributed by atoms with van der Waals surface area (Å²) in [6.45, 7) is 0.261. The zero-order valence-corrected chi connectivity index (χ0v) is 14.4. The van der Waals surface area contributed by atoms with E-state index in [2.05, 4.69) is 14.4 Å². The summed E-state index contributed by atoms with van der Waals surface area (Å²) in [4.78, 5) is 4.08. The molecule has 128 valence electrons. The molecule has 0 aromatic carbocycles. The molecule has 2 heterocycles. The van der Waals surface area contributed by atoms with Crippen LogP contribution in [0.2, 0.25) is 0 Å². The van der Waals surface area contributed by atoms with E-state index in [9.17, 15) is 8.42 Å². The predicted octanol–water partition coefficient (Wildman–Crippen LogP) is 2.64. The Hall–Kier alpha value is -1.73. The highest BCUT2D eigenvalue weighted by molar-refractivity contribution is 7.90. The number of nitrogens with one attached hydrogen (secondary N) is 1. The molecule has 0 amide bonds. The second kappa shape index (κ2) is 6.29. The molecule has 4 rings (SSSR count). The van der Waals surface area contributed by atoms with Crippen molar-refractivity contribution in [3.05, 3.63) is 36.3 Å². The van der Waals surface area contributed by atoms with Crippen LogP contribution in [0.4, 0.5) is 0 Å². The predicted molar refractivity (Wildman–Crippen MR) is 91.7 cm³/mol. The SMILES string of the molecule is O=S(=O)(NCc1cc(-c2ccncc2)n(C2CCCC2)n1)C1CC1. The van der Waals surface area contributed by atoms with Crippen LogP contribution >= 0.6 is 0 Å². The first kappa shape index (κ1) is 15.8. The molecule has 0 spiro atoms. The molecule has 0 unspecified atom stereocenters. The molecule has 6 nitrogen and oxygen atoms in total. The fourth-order valence-electron chi connectivity index (χ4n) is 3.37. The van der Waals surface area contributed by atoms with Crippen molar-refractivity contribution in [1.82, 2.24) is 19.5 Å². The summed E-state index contributed by atoms with van der Waals surface area (Å²) in [6, 6.07) is 6.35. The summed E-state index contributed by atoms with van der Waals surface area (Å²) in [7, 11) is -3.18. The first-order chi connectivity index (χ1) is 11.6. The van der Waals surface area contributed by atoms with Crippen molar-refractivity contribution in [2.75, 3.05) is 0 Å². The van der Waals surface area contributed by atoms with Crippen molar-refractivity contribution in [2.24, 2.45) is 0 Å². The van der Waals surface area contributed by atoms with Crippen molar-refractivity contribution >= 4 is 10.0 Å². The van der Waals surface area contributed by atoms with E-state index in [1.165, 1.54) is 12.8 Å². The van der Waals surface area contributed by atoms with Crippen molar-refractivity contribution in [3.8, 4) is 11.3 Å². The van der Waals surface area contributed by atoms with Gasteiger partial charge in [0.1, 0.15) is 0 Å². The van der Waals surface area contributed by atoms with Gasteiger partial charge < -0.3 is 0 Å². The maximum absolute atomic E-state index is 12.0. The van der Waals surface area contributed by atoms with E-state index in [4.69, 9.17) is 5.10 Å². The lowest BCUT2D eigenvalue weighted by Crippen LogP contribution is -2.27. The number of hydrogen-bond donors (Lipinski definition) is 1. The van der Waals surface area contributed by atoms with E-state index < -0.39 is 10.0 Å². The second-order valence-corrected chi connectivity index (χ2v) is 8.75. The van der Waals surface area contributed by atoms with Gasteiger partial charge in [0.15, 0.2) is 0 Å². The summed E-state index contributed by atoms with van der Waals surface area (Å²) >= 11 is 0. The summed E-state index contributed by atoms with van der Waals surface area (Å²) in [5, 5.41) is 4.52. The lowest BCUT2D eigenvalue weighted by atomic mass is 10.1. The van der Waals surface area contributed by atoms with Gasteiger partial charge in [-0.3, -0.25) is 9.67 Å². The lowest BCUT2D eigenvalue weighted by molar-refractivity contribution is 0.467. The Kier molecular flexibility index (Phi) is 4.14. The van der Waals surface area contributed by atoms with Gasteiger partial charge in [0.2, 0.25) is 10.0 Å². The molecule has 2 aliphatic rings. The Balaban J connectivity index is 1.61. The molecule has 2 fully saturated rings.